The molecule has 0 saturated heterocycles. The Morgan fingerprint density at radius 2 is 1.62 bits per heavy atom. The Hall–Kier alpha value is -2.71. The van der Waals surface area contributed by atoms with Gasteiger partial charge in [0.05, 0.1) is 26.9 Å². The SMILES string of the molecule is C/C=C/[C@H](OC(=O)COCc1ccc(OC)cc1)[C@H](OCOC)[C@H](C)COCc1ccccc1. The molecule has 0 aliphatic rings. The van der Waals surface area contributed by atoms with Crippen molar-refractivity contribution in [1.82, 2.24) is 0 Å². The molecule has 7 nitrogen and oxygen atoms in total. The average molecular weight is 473 g/mol. The maximum Gasteiger partial charge on any atom is 0.332 e. The highest BCUT2D eigenvalue weighted by atomic mass is 16.7. The summed E-state index contributed by atoms with van der Waals surface area (Å²) in [6.45, 7) is 4.99. The molecular weight excluding hydrogens is 436 g/mol. The Labute approximate surface area is 202 Å². The van der Waals surface area contributed by atoms with E-state index in [9.17, 15) is 4.79 Å². The zero-order valence-corrected chi connectivity index (χ0v) is 20.5. The Bertz CT molecular complexity index is 836. The molecule has 0 amide bonds. The second-order valence-electron chi connectivity index (χ2n) is 7.84. The van der Waals surface area contributed by atoms with Crippen molar-refractivity contribution in [3.05, 3.63) is 77.9 Å². The lowest BCUT2D eigenvalue weighted by Gasteiger charge is -2.29. The summed E-state index contributed by atoms with van der Waals surface area (Å²) in [5, 5.41) is 0. The number of ether oxygens (including phenoxy) is 6. The summed E-state index contributed by atoms with van der Waals surface area (Å²) in [5.41, 5.74) is 2.03. The van der Waals surface area contributed by atoms with Gasteiger partial charge in [0.25, 0.3) is 0 Å². The first-order valence-corrected chi connectivity index (χ1v) is 11.3. The van der Waals surface area contributed by atoms with E-state index in [0.717, 1.165) is 16.9 Å². The van der Waals surface area contributed by atoms with Gasteiger partial charge < -0.3 is 28.4 Å². The predicted molar refractivity (Wildman–Crippen MR) is 129 cm³/mol. The quantitative estimate of drug-likeness (QED) is 0.202. The summed E-state index contributed by atoms with van der Waals surface area (Å²) in [6.07, 6.45) is 2.58. The second kappa shape index (κ2) is 16.0. The first kappa shape index (κ1) is 27.5. The topological polar surface area (TPSA) is 72.5 Å². The monoisotopic (exact) mass is 472 g/mol. The van der Waals surface area contributed by atoms with E-state index >= 15 is 0 Å². The van der Waals surface area contributed by atoms with Crippen LogP contribution in [0.1, 0.15) is 25.0 Å². The van der Waals surface area contributed by atoms with E-state index < -0.39 is 18.2 Å². The molecule has 0 N–H and O–H groups in total. The average Bonchev–Trinajstić information content (AvgIpc) is 2.85. The fourth-order valence-electron chi connectivity index (χ4n) is 3.33. The molecule has 0 unspecified atom stereocenters. The standard InChI is InChI=1S/C27H36O7/c1-5-9-25(34-26(28)19-32-18-23-12-14-24(30-4)15-13-23)27(33-20-29-3)21(2)16-31-17-22-10-7-6-8-11-22/h5-15,21,25,27H,16-20H2,1-4H3/b9-5+/t21-,25+,27-/m1/s1. The van der Waals surface area contributed by atoms with E-state index in [1.54, 1.807) is 20.3 Å². The van der Waals surface area contributed by atoms with Crippen LogP contribution in [-0.4, -0.2) is 52.4 Å². The third-order valence-electron chi connectivity index (χ3n) is 5.05. The Balaban J connectivity index is 1.89. The molecule has 0 bridgehead atoms. The van der Waals surface area contributed by atoms with Crippen molar-refractivity contribution in [2.24, 2.45) is 5.92 Å². The molecule has 0 saturated carbocycles. The van der Waals surface area contributed by atoms with Crippen molar-refractivity contribution in [2.75, 3.05) is 34.2 Å². The molecule has 0 radical (unpaired) electrons. The Kier molecular flexibility index (Phi) is 13.0. The van der Waals surface area contributed by atoms with Gasteiger partial charge in [-0.15, -0.1) is 0 Å². The fourth-order valence-corrected chi connectivity index (χ4v) is 3.33. The molecule has 2 aromatic carbocycles. The van der Waals surface area contributed by atoms with E-state index in [0.29, 0.717) is 19.8 Å². The molecule has 0 aliphatic carbocycles. The van der Waals surface area contributed by atoms with Crippen LogP contribution in [0.3, 0.4) is 0 Å². The molecule has 186 valence electrons. The maximum absolute atomic E-state index is 12.5. The molecule has 34 heavy (non-hydrogen) atoms. The third kappa shape index (κ3) is 10.1. The molecule has 0 aromatic heterocycles. The van der Waals surface area contributed by atoms with Crippen LogP contribution in [0.5, 0.6) is 5.75 Å². The number of carbonyl (C=O) groups excluding carboxylic acids is 1. The molecule has 0 heterocycles. The van der Waals surface area contributed by atoms with Crippen LogP contribution in [0, 0.1) is 5.92 Å². The first-order valence-electron chi connectivity index (χ1n) is 11.3. The minimum Gasteiger partial charge on any atom is -0.497 e. The van der Waals surface area contributed by atoms with Crippen molar-refractivity contribution >= 4 is 5.97 Å². The lowest BCUT2D eigenvalue weighted by molar-refractivity contribution is -0.172. The number of esters is 1. The van der Waals surface area contributed by atoms with Gasteiger partial charge in [-0.25, -0.2) is 4.79 Å². The van der Waals surface area contributed by atoms with E-state index in [1.165, 1.54) is 0 Å². The highest BCUT2D eigenvalue weighted by Gasteiger charge is 2.29. The van der Waals surface area contributed by atoms with Crippen LogP contribution >= 0.6 is 0 Å². The van der Waals surface area contributed by atoms with Gasteiger partial charge in [0, 0.05) is 13.0 Å². The van der Waals surface area contributed by atoms with Gasteiger partial charge in [0.1, 0.15) is 31.4 Å². The molecule has 0 aliphatic heterocycles. The molecule has 7 heteroatoms. The van der Waals surface area contributed by atoms with Crippen LogP contribution in [0.2, 0.25) is 0 Å². The Morgan fingerprint density at radius 1 is 0.941 bits per heavy atom. The van der Waals surface area contributed by atoms with Gasteiger partial charge >= 0.3 is 5.97 Å². The van der Waals surface area contributed by atoms with Crippen LogP contribution in [0.4, 0.5) is 0 Å². The van der Waals surface area contributed by atoms with E-state index in [2.05, 4.69) is 0 Å². The lowest BCUT2D eigenvalue weighted by atomic mass is 9.99. The summed E-state index contributed by atoms with van der Waals surface area (Å²) in [4.78, 5) is 12.5. The number of hydrogen-bond donors (Lipinski definition) is 0. The van der Waals surface area contributed by atoms with Gasteiger partial charge in [-0.3, -0.25) is 0 Å². The van der Waals surface area contributed by atoms with Gasteiger partial charge in [0.2, 0.25) is 0 Å². The zero-order valence-electron chi connectivity index (χ0n) is 20.5. The Morgan fingerprint density at radius 3 is 2.26 bits per heavy atom. The molecular formula is C27H36O7. The fraction of sp³-hybridized carbons (Fsp3) is 0.444. The zero-order chi connectivity index (χ0) is 24.6. The van der Waals surface area contributed by atoms with Crippen molar-refractivity contribution in [3.8, 4) is 5.75 Å². The van der Waals surface area contributed by atoms with Crippen molar-refractivity contribution < 1.29 is 33.2 Å². The molecule has 2 aromatic rings. The number of allylic oxidation sites excluding steroid dienone is 1. The highest BCUT2D eigenvalue weighted by Crippen LogP contribution is 2.18. The van der Waals surface area contributed by atoms with Crippen molar-refractivity contribution in [3.63, 3.8) is 0 Å². The molecule has 0 fully saturated rings. The molecule has 0 spiro atoms. The number of benzene rings is 2. The van der Waals surface area contributed by atoms with Crippen molar-refractivity contribution in [1.29, 1.82) is 0 Å². The number of methoxy groups -OCH3 is 2. The second-order valence-corrected chi connectivity index (χ2v) is 7.84. The molecule has 3 atom stereocenters. The maximum atomic E-state index is 12.5. The summed E-state index contributed by atoms with van der Waals surface area (Å²) in [7, 11) is 3.17. The van der Waals surface area contributed by atoms with Crippen LogP contribution < -0.4 is 4.74 Å². The minimum atomic E-state index is -0.604. The molecule has 2 rings (SSSR count). The van der Waals surface area contributed by atoms with Gasteiger partial charge in [-0.2, -0.15) is 0 Å². The normalized spacial score (nSPS) is 14.0. The minimum absolute atomic E-state index is 0.0620. The smallest absolute Gasteiger partial charge is 0.332 e. The largest absolute Gasteiger partial charge is 0.497 e. The summed E-state index contributed by atoms with van der Waals surface area (Å²) >= 11 is 0. The summed E-state index contributed by atoms with van der Waals surface area (Å²) in [5.74, 6) is 0.231. The number of hydrogen-bond acceptors (Lipinski definition) is 7. The van der Waals surface area contributed by atoms with Crippen LogP contribution in [0.15, 0.2) is 66.7 Å². The van der Waals surface area contributed by atoms with E-state index in [1.807, 2.05) is 74.5 Å². The lowest BCUT2D eigenvalue weighted by Crippen LogP contribution is -2.40. The first-order chi connectivity index (χ1) is 16.6. The number of rotatable bonds is 16. The van der Waals surface area contributed by atoms with Crippen LogP contribution in [0.25, 0.3) is 0 Å². The van der Waals surface area contributed by atoms with Crippen molar-refractivity contribution in [2.45, 2.75) is 39.3 Å². The third-order valence-corrected chi connectivity index (χ3v) is 5.05. The van der Waals surface area contributed by atoms with E-state index in [-0.39, 0.29) is 19.3 Å². The highest BCUT2D eigenvalue weighted by molar-refractivity contribution is 5.71. The van der Waals surface area contributed by atoms with Crippen LogP contribution in [-0.2, 0) is 41.7 Å². The summed E-state index contributed by atoms with van der Waals surface area (Å²) in [6, 6.07) is 17.4. The van der Waals surface area contributed by atoms with Gasteiger partial charge in [-0.05, 0) is 36.3 Å². The van der Waals surface area contributed by atoms with Gasteiger partial charge in [-0.1, -0.05) is 55.5 Å². The predicted octanol–water partition coefficient (Wildman–Crippen LogP) is 4.54. The van der Waals surface area contributed by atoms with Gasteiger partial charge in [0.15, 0.2) is 0 Å². The van der Waals surface area contributed by atoms with E-state index in [4.69, 9.17) is 28.4 Å². The summed E-state index contributed by atoms with van der Waals surface area (Å²) < 4.78 is 33.3. The number of carbonyl (C=O) groups is 1.